The summed E-state index contributed by atoms with van der Waals surface area (Å²) >= 11 is 0. The van der Waals surface area contributed by atoms with Gasteiger partial charge in [0.15, 0.2) is 0 Å². The highest BCUT2D eigenvalue weighted by atomic mass is 19.1. The fraction of sp³-hybridized carbons (Fsp3) is 0.226. The van der Waals surface area contributed by atoms with Crippen molar-refractivity contribution in [3.63, 3.8) is 0 Å². The van der Waals surface area contributed by atoms with E-state index in [1.54, 1.807) is 36.9 Å². The van der Waals surface area contributed by atoms with Crippen LogP contribution in [-0.2, 0) is 24.4 Å². The number of nitrogens with zero attached hydrogens (tertiary/aromatic N) is 3. The Morgan fingerprint density at radius 3 is 2.16 bits per heavy atom. The molecule has 1 heterocycles. The van der Waals surface area contributed by atoms with Crippen LogP contribution in [0.3, 0.4) is 0 Å². The predicted molar refractivity (Wildman–Crippen MR) is 143 cm³/mol. The van der Waals surface area contributed by atoms with Crippen LogP contribution in [0.25, 0.3) is 0 Å². The molecule has 0 fully saturated rings. The maximum absolute atomic E-state index is 14.4. The largest absolute Gasteiger partial charge is 0.345 e. The van der Waals surface area contributed by atoms with Gasteiger partial charge in [0.05, 0.1) is 12.1 Å². The third-order valence-corrected chi connectivity index (χ3v) is 6.41. The van der Waals surface area contributed by atoms with Crippen LogP contribution in [-0.4, -0.2) is 38.8 Å². The second kappa shape index (κ2) is 12.3. The number of rotatable bonds is 10. The minimum Gasteiger partial charge on any atom is -0.345 e. The van der Waals surface area contributed by atoms with E-state index >= 15 is 0 Å². The summed E-state index contributed by atoms with van der Waals surface area (Å²) in [6, 6.07) is 25.3. The van der Waals surface area contributed by atoms with Crippen molar-refractivity contribution in [2.24, 2.45) is 0 Å². The molecule has 0 spiro atoms. The number of benzene rings is 3. The number of carbonyl (C=O) groups excluding carboxylic acids is 2. The summed E-state index contributed by atoms with van der Waals surface area (Å²) in [6.07, 6.45) is 1.92. The van der Waals surface area contributed by atoms with Gasteiger partial charge in [-0.15, -0.1) is 0 Å². The average Bonchev–Trinajstić information content (AvgIpc) is 3.34. The van der Waals surface area contributed by atoms with Gasteiger partial charge in [-0.3, -0.25) is 9.59 Å². The van der Waals surface area contributed by atoms with Gasteiger partial charge in [-0.2, -0.15) is 0 Å². The minimum atomic E-state index is -0.615. The Labute approximate surface area is 221 Å². The van der Waals surface area contributed by atoms with E-state index in [-0.39, 0.29) is 29.9 Å². The van der Waals surface area contributed by atoms with Crippen LogP contribution in [0.1, 0.15) is 41.0 Å². The molecule has 4 aromatic rings. The summed E-state index contributed by atoms with van der Waals surface area (Å²) < 4.78 is 29.8. The van der Waals surface area contributed by atoms with Crippen LogP contribution in [0.15, 0.2) is 97.2 Å². The second-order valence-corrected chi connectivity index (χ2v) is 9.50. The normalized spacial score (nSPS) is 11.0. The van der Waals surface area contributed by atoms with Gasteiger partial charge in [-0.25, -0.2) is 8.78 Å². The smallest absolute Gasteiger partial charge is 0.257 e. The van der Waals surface area contributed by atoms with Crippen molar-refractivity contribution in [3.05, 3.63) is 131 Å². The van der Waals surface area contributed by atoms with Gasteiger partial charge in [-0.1, -0.05) is 54.6 Å². The lowest BCUT2D eigenvalue weighted by atomic mass is 10.1. The van der Waals surface area contributed by atoms with Crippen LogP contribution in [0, 0.1) is 11.6 Å². The van der Waals surface area contributed by atoms with Gasteiger partial charge >= 0.3 is 0 Å². The Kier molecular flexibility index (Phi) is 8.69. The molecule has 0 aliphatic heterocycles. The molecule has 0 saturated carbocycles. The molecule has 0 unspecified atom stereocenters. The monoisotopic (exact) mass is 515 g/mol. The van der Waals surface area contributed by atoms with Crippen molar-refractivity contribution >= 4 is 11.8 Å². The summed E-state index contributed by atoms with van der Waals surface area (Å²) in [6.45, 7) is 4.61. The molecule has 196 valence electrons. The number of amides is 2. The number of hydrogen-bond acceptors (Lipinski definition) is 2. The maximum atomic E-state index is 14.4. The van der Waals surface area contributed by atoms with E-state index in [2.05, 4.69) is 0 Å². The molecular formula is C31H31F2N3O2. The van der Waals surface area contributed by atoms with Crippen LogP contribution >= 0.6 is 0 Å². The number of halogens is 2. The SMILES string of the molecule is CC(C)N(CC(=O)N(Cc1ccccc1)Cc1cccn1Cc1ccc(F)cc1)C(=O)c1ccccc1F. The van der Waals surface area contributed by atoms with Crippen molar-refractivity contribution < 1.29 is 18.4 Å². The average molecular weight is 516 g/mol. The predicted octanol–water partition coefficient (Wildman–Crippen LogP) is 5.89. The fourth-order valence-corrected chi connectivity index (χ4v) is 4.29. The van der Waals surface area contributed by atoms with Gasteiger partial charge in [0, 0.05) is 31.0 Å². The van der Waals surface area contributed by atoms with Crippen LogP contribution in [0.5, 0.6) is 0 Å². The zero-order valence-electron chi connectivity index (χ0n) is 21.6. The van der Waals surface area contributed by atoms with Crippen molar-refractivity contribution in [2.75, 3.05) is 6.54 Å². The third-order valence-electron chi connectivity index (χ3n) is 6.41. The van der Waals surface area contributed by atoms with Gasteiger partial charge in [0.1, 0.15) is 18.2 Å². The summed E-state index contributed by atoms with van der Waals surface area (Å²) in [5.41, 5.74) is 2.73. The molecule has 3 aromatic carbocycles. The Morgan fingerprint density at radius 1 is 0.789 bits per heavy atom. The van der Waals surface area contributed by atoms with Crippen molar-refractivity contribution in [1.82, 2.24) is 14.4 Å². The Balaban J connectivity index is 1.57. The third kappa shape index (κ3) is 6.73. The lowest BCUT2D eigenvalue weighted by Gasteiger charge is -2.30. The molecule has 7 heteroatoms. The maximum Gasteiger partial charge on any atom is 0.257 e. The number of aromatic nitrogens is 1. The van der Waals surface area contributed by atoms with Crippen molar-refractivity contribution in [1.29, 1.82) is 0 Å². The molecule has 1 aromatic heterocycles. The topological polar surface area (TPSA) is 45.6 Å². The highest BCUT2D eigenvalue weighted by Gasteiger charge is 2.26. The molecule has 38 heavy (non-hydrogen) atoms. The van der Waals surface area contributed by atoms with E-state index in [1.165, 1.54) is 35.2 Å². The molecule has 0 saturated heterocycles. The van der Waals surface area contributed by atoms with E-state index in [0.29, 0.717) is 19.6 Å². The molecule has 0 aliphatic carbocycles. The second-order valence-electron chi connectivity index (χ2n) is 9.50. The highest BCUT2D eigenvalue weighted by molar-refractivity contribution is 5.97. The highest BCUT2D eigenvalue weighted by Crippen LogP contribution is 2.17. The van der Waals surface area contributed by atoms with Crippen LogP contribution in [0.2, 0.25) is 0 Å². The molecular weight excluding hydrogens is 484 g/mol. The summed E-state index contributed by atoms with van der Waals surface area (Å²) in [5, 5.41) is 0. The van der Waals surface area contributed by atoms with Gasteiger partial charge in [-0.05, 0) is 61.4 Å². The molecule has 0 aliphatic rings. The molecule has 5 nitrogen and oxygen atoms in total. The number of carbonyl (C=O) groups is 2. The fourth-order valence-electron chi connectivity index (χ4n) is 4.29. The first-order valence-electron chi connectivity index (χ1n) is 12.6. The lowest BCUT2D eigenvalue weighted by Crippen LogP contribution is -2.45. The quantitative estimate of drug-likeness (QED) is 0.264. The Bertz CT molecular complexity index is 1370. The van der Waals surface area contributed by atoms with Gasteiger partial charge in [0.2, 0.25) is 5.91 Å². The molecule has 4 rings (SSSR count). The first-order chi connectivity index (χ1) is 18.3. The van der Waals surface area contributed by atoms with E-state index in [9.17, 15) is 18.4 Å². The molecule has 0 N–H and O–H groups in total. The first kappa shape index (κ1) is 26.8. The van der Waals surface area contributed by atoms with E-state index in [4.69, 9.17) is 0 Å². The molecule has 2 amide bonds. The van der Waals surface area contributed by atoms with Gasteiger partial charge in [0.25, 0.3) is 5.91 Å². The standard InChI is InChI=1S/C31H31F2N3O2/c1-23(2)36(31(38)28-12-6-7-13-29(28)33)22-30(37)35(20-24-9-4-3-5-10-24)21-27-11-8-18-34(27)19-25-14-16-26(32)17-15-25/h3-18,23H,19-22H2,1-2H3. The minimum absolute atomic E-state index is 0.0585. The lowest BCUT2D eigenvalue weighted by molar-refractivity contribution is -0.133. The number of hydrogen-bond donors (Lipinski definition) is 0. The Hall–Kier alpha value is -4.26. The van der Waals surface area contributed by atoms with E-state index < -0.39 is 11.7 Å². The summed E-state index contributed by atoms with van der Waals surface area (Å²) in [4.78, 5) is 30.0. The molecule has 0 bridgehead atoms. The summed E-state index contributed by atoms with van der Waals surface area (Å²) in [7, 11) is 0. The zero-order chi connectivity index (χ0) is 27.1. The molecule has 0 atom stereocenters. The molecule has 0 radical (unpaired) electrons. The Morgan fingerprint density at radius 2 is 1.47 bits per heavy atom. The first-order valence-corrected chi connectivity index (χ1v) is 12.6. The van der Waals surface area contributed by atoms with E-state index in [0.717, 1.165) is 16.8 Å². The zero-order valence-corrected chi connectivity index (χ0v) is 21.6. The van der Waals surface area contributed by atoms with E-state index in [1.807, 2.05) is 53.2 Å². The van der Waals surface area contributed by atoms with Crippen molar-refractivity contribution in [2.45, 2.75) is 39.5 Å². The summed E-state index contributed by atoms with van der Waals surface area (Å²) in [5.74, 6) is -1.68. The van der Waals surface area contributed by atoms with Crippen LogP contribution < -0.4 is 0 Å². The van der Waals surface area contributed by atoms with Crippen LogP contribution in [0.4, 0.5) is 8.78 Å². The van der Waals surface area contributed by atoms with Crippen molar-refractivity contribution in [3.8, 4) is 0 Å². The van der Waals surface area contributed by atoms with Gasteiger partial charge < -0.3 is 14.4 Å².